The lowest BCUT2D eigenvalue weighted by molar-refractivity contribution is -0.0875. The van der Waals surface area contributed by atoms with Crippen LogP contribution < -0.4 is 5.32 Å². The second-order valence-electron chi connectivity index (χ2n) is 6.21. The molecule has 1 N–H and O–H groups in total. The minimum absolute atomic E-state index is 0.239. The van der Waals surface area contributed by atoms with Crippen molar-refractivity contribution in [2.45, 2.75) is 76.5 Å². The summed E-state index contributed by atoms with van der Waals surface area (Å²) in [7, 11) is 0. The van der Waals surface area contributed by atoms with Gasteiger partial charge in [-0.15, -0.1) is 0 Å². The van der Waals surface area contributed by atoms with Crippen molar-refractivity contribution in [2.75, 3.05) is 19.8 Å². The number of rotatable bonds is 6. The molecule has 0 amide bonds. The molecule has 0 bridgehead atoms. The molecule has 1 saturated carbocycles. The Balaban J connectivity index is 1.58. The van der Waals surface area contributed by atoms with E-state index < -0.39 is 0 Å². The van der Waals surface area contributed by atoms with Crippen molar-refractivity contribution in [3.8, 4) is 0 Å². The molecule has 2 fully saturated rings. The van der Waals surface area contributed by atoms with Gasteiger partial charge in [0.2, 0.25) is 0 Å². The van der Waals surface area contributed by atoms with Crippen LogP contribution in [0.25, 0.3) is 0 Å². The Hall–Kier alpha value is -0.120. The molecule has 106 valence electrons. The third kappa shape index (κ3) is 4.22. The first-order chi connectivity index (χ1) is 8.70. The summed E-state index contributed by atoms with van der Waals surface area (Å²) in [5.74, 6) is 0. The number of hydrogen-bond acceptors (Lipinski definition) is 3. The zero-order valence-electron chi connectivity index (χ0n) is 12.0. The molecule has 0 radical (unpaired) electrons. The highest BCUT2D eigenvalue weighted by atomic mass is 16.6. The second kappa shape index (κ2) is 6.88. The van der Waals surface area contributed by atoms with E-state index in [4.69, 9.17) is 9.47 Å². The van der Waals surface area contributed by atoms with E-state index in [0.717, 1.165) is 19.8 Å². The van der Waals surface area contributed by atoms with Crippen molar-refractivity contribution in [3.05, 3.63) is 0 Å². The Morgan fingerprint density at radius 3 is 2.72 bits per heavy atom. The van der Waals surface area contributed by atoms with Crippen LogP contribution in [0.15, 0.2) is 0 Å². The molecule has 0 aromatic heterocycles. The predicted octanol–water partition coefficient (Wildman–Crippen LogP) is 2.88. The lowest BCUT2D eigenvalue weighted by Crippen LogP contribution is -2.33. The minimum Gasteiger partial charge on any atom is -0.377 e. The molecule has 1 aliphatic carbocycles. The van der Waals surface area contributed by atoms with Gasteiger partial charge in [-0.2, -0.15) is 0 Å². The molecule has 1 aliphatic heterocycles. The summed E-state index contributed by atoms with van der Waals surface area (Å²) in [6.45, 7) is 6.84. The third-order valence-electron chi connectivity index (χ3n) is 4.21. The molecule has 1 unspecified atom stereocenters. The Labute approximate surface area is 112 Å². The van der Waals surface area contributed by atoms with Gasteiger partial charge in [0.05, 0.1) is 24.9 Å². The summed E-state index contributed by atoms with van der Waals surface area (Å²) in [6, 6.07) is 0.543. The molecule has 3 heteroatoms. The normalized spacial score (nSPS) is 27.2. The van der Waals surface area contributed by atoms with Crippen molar-refractivity contribution in [1.29, 1.82) is 0 Å². The summed E-state index contributed by atoms with van der Waals surface area (Å²) < 4.78 is 12.0. The summed E-state index contributed by atoms with van der Waals surface area (Å²) in [5, 5.41) is 3.36. The summed E-state index contributed by atoms with van der Waals surface area (Å²) >= 11 is 0. The molecule has 1 heterocycles. The molecular weight excluding hydrogens is 226 g/mol. The SMILES string of the molecule is CC(C)NCCOCC1CCC2(CCCCC2)O1. The van der Waals surface area contributed by atoms with E-state index in [1.807, 2.05) is 0 Å². The fourth-order valence-electron chi connectivity index (χ4n) is 3.21. The predicted molar refractivity (Wildman–Crippen MR) is 73.9 cm³/mol. The number of nitrogens with one attached hydrogen (secondary N) is 1. The van der Waals surface area contributed by atoms with E-state index >= 15 is 0 Å². The van der Waals surface area contributed by atoms with Gasteiger partial charge in [0.15, 0.2) is 0 Å². The van der Waals surface area contributed by atoms with Gasteiger partial charge in [0, 0.05) is 12.6 Å². The van der Waals surface area contributed by atoms with Gasteiger partial charge in [-0.3, -0.25) is 0 Å². The molecule has 2 rings (SSSR count). The maximum Gasteiger partial charge on any atom is 0.0817 e. The standard InChI is InChI=1S/C15H29NO2/c1-13(2)16-10-11-17-12-14-6-9-15(18-14)7-4-3-5-8-15/h13-14,16H,3-12H2,1-2H3. The quantitative estimate of drug-likeness (QED) is 0.740. The maximum absolute atomic E-state index is 6.27. The smallest absolute Gasteiger partial charge is 0.0817 e. The van der Waals surface area contributed by atoms with Crippen molar-refractivity contribution in [1.82, 2.24) is 5.32 Å². The number of ether oxygens (including phenoxy) is 2. The van der Waals surface area contributed by atoms with Crippen LogP contribution in [0.3, 0.4) is 0 Å². The van der Waals surface area contributed by atoms with Gasteiger partial charge in [-0.1, -0.05) is 33.1 Å². The fraction of sp³-hybridized carbons (Fsp3) is 1.00. The lowest BCUT2D eigenvalue weighted by atomic mass is 9.83. The van der Waals surface area contributed by atoms with Gasteiger partial charge in [0.25, 0.3) is 0 Å². The fourth-order valence-corrected chi connectivity index (χ4v) is 3.21. The van der Waals surface area contributed by atoms with E-state index in [9.17, 15) is 0 Å². The van der Waals surface area contributed by atoms with Crippen LogP contribution in [-0.2, 0) is 9.47 Å². The molecule has 18 heavy (non-hydrogen) atoms. The van der Waals surface area contributed by atoms with E-state index in [1.54, 1.807) is 0 Å². The first-order valence-electron chi connectivity index (χ1n) is 7.69. The summed E-state index contributed by atoms with van der Waals surface area (Å²) in [5.41, 5.74) is 0.239. The van der Waals surface area contributed by atoms with E-state index in [0.29, 0.717) is 12.1 Å². The van der Waals surface area contributed by atoms with Crippen molar-refractivity contribution < 1.29 is 9.47 Å². The van der Waals surface area contributed by atoms with Crippen LogP contribution in [0.2, 0.25) is 0 Å². The average molecular weight is 255 g/mol. The molecule has 2 aliphatic rings. The first-order valence-corrected chi connectivity index (χ1v) is 7.69. The van der Waals surface area contributed by atoms with Gasteiger partial charge in [-0.25, -0.2) is 0 Å². The molecule has 3 nitrogen and oxygen atoms in total. The average Bonchev–Trinajstić information content (AvgIpc) is 2.72. The Morgan fingerprint density at radius 2 is 2.00 bits per heavy atom. The van der Waals surface area contributed by atoms with E-state index in [1.165, 1.54) is 44.9 Å². The van der Waals surface area contributed by atoms with Gasteiger partial charge >= 0.3 is 0 Å². The van der Waals surface area contributed by atoms with Crippen molar-refractivity contribution in [2.24, 2.45) is 0 Å². The Bertz CT molecular complexity index is 237. The highest BCUT2D eigenvalue weighted by Crippen LogP contribution is 2.41. The van der Waals surface area contributed by atoms with Crippen LogP contribution in [0, 0.1) is 0 Å². The minimum atomic E-state index is 0.239. The zero-order chi connectivity index (χ0) is 12.8. The van der Waals surface area contributed by atoms with Crippen molar-refractivity contribution >= 4 is 0 Å². The molecule has 1 saturated heterocycles. The summed E-state index contributed by atoms with van der Waals surface area (Å²) in [6.07, 6.45) is 9.45. The van der Waals surface area contributed by atoms with Crippen LogP contribution in [0.1, 0.15) is 58.8 Å². The molecule has 0 aromatic carbocycles. The van der Waals surface area contributed by atoms with Crippen molar-refractivity contribution in [3.63, 3.8) is 0 Å². The number of hydrogen-bond donors (Lipinski definition) is 1. The lowest BCUT2D eigenvalue weighted by Gasteiger charge is -2.33. The molecule has 1 spiro atoms. The van der Waals surface area contributed by atoms with Crippen LogP contribution in [-0.4, -0.2) is 37.5 Å². The largest absolute Gasteiger partial charge is 0.377 e. The van der Waals surface area contributed by atoms with Gasteiger partial charge in [-0.05, 0) is 25.7 Å². The highest BCUT2D eigenvalue weighted by Gasteiger charge is 2.40. The maximum atomic E-state index is 6.27. The zero-order valence-corrected chi connectivity index (χ0v) is 12.0. The first kappa shape index (κ1) is 14.3. The van der Waals surface area contributed by atoms with Gasteiger partial charge < -0.3 is 14.8 Å². The summed E-state index contributed by atoms with van der Waals surface area (Å²) in [4.78, 5) is 0. The van der Waals surface area contributed by atoms with E-state index in [2.05, 4.69) is 19.2 Å². The monoisotopic (exact) mass is 255 g/mol. The molecular formula is C15H29NO2. The third-order valence-corrected chi connectivity index (χ3v) is 4.21. The van der Waals surface area contributed by atoms with Crippen LogP contribution in [0.4, 0.5) is 0 Å². The topological polar surface area (TPSA) is 30.5 Å². The van der Waals surface area contributed by atoms with Gasteiger partial charge in [0.1, 0.15) is 0 Å². The highest BCUT2D eigenvalue weighted by molar-refractivity contribution is 4.91. The van der Waals surface area contributed by atoms with Crippen LogP contribution in [0.5, 0.6) is 0 Å². The Kier molecular flexibility index (Phi) is 5.46. The van der Waals surface area contributed by atoms with Crippen LogP contribution >= 0.6 is 0 Å². The Morgan fingerprint density at radius 1 is 1.22 bits per heavy atom. The molecule has 0 aromatic rings. The van der Waals surface area contributed by atoms with E-state index in [-0.39, 0.29) is 5.60 Å². The molecule has 1 atom stereocenters. The second-order valence-corrected chi connectivity index (χ2v) is 6.21.